The van der Waals surface area contributed by atoms with Crippen LogP contribution in [0.25, 0.3) is 10.2 Å². The summed E-state index contributed by atoms with van der Waals surface area (Å²) in [6.07, 6.45) is 6.69. The van der Waals surface area contributed by atoms with Crippen LogP contribution in [0.15, 0.2) is 12.3 Å². The van der Waals surface area contributed by atoms with Crippen LogP contribution in [0.4, 0.5) is 11.6 Å². The van der Waals surface area contributed by atoms with Crippen LogP contribution < -0.4 is 10.6 Å². The molecule has 23 heavy (non-hydrogen) atoms. The van der Waals surface area contributed by atoms with Gasteiger partial charge in [-0.05, 0) is 31.2 Å². The second-order valence-electron chi connectivity index (χ2n) is 6.12. The quantitative estimate of drug-likeness (QED) is 0.800. The Bertz CT molecular complexity index is 865. The largest absolute Gasteiger partial charge is 0.383 e. The Hall–Kier alpha value is -2.15. The Morgan fingerprint density at radius 1 is 1.30 bits per heavy atom. The molecule has 4 rings (SSSR count). The molecule has 1 aliphatic rings. The summed E-state index contributed by atoms with van der Waals surface area (Å²) in [4.78, 5) is 13.8. The van der Waals surface area contributed by atoms with Gasteiger partial charge in [0.05, 0.1) is 11.9 Å². The maximum absolute atomic E-state index is 6.26. The molecule has 3 aromatic rings. The monoisotopic (exact) mass is 328 g/mol. The van der Waals surface area contributed by atoms with Crippen molar-refractivity contribution >= 4 is 33.2 Å². The highest BCUT2D eigenvalue weighted by atomic mass is 32.1. The van der Waals surface area contributed by atoms with Gasteiger partial charge in [0.15, 0.2) is 11.6 Å². The summed E-state index contributed by atoms with van der Waals surface area (Å²) in [6, 6.07) is 1.98. The molecule has 0 radical (unpaired) electrons. The van der Waals surface area contributed by atoms with Crippen LogP contribution in [0.1, 0.15) is 29.1 Å². The fraction of sp³-hybridized carbons (Fsp3) is 0.438. The Kier molecular flexibility index (Phi) is 3.45. The average molecular weight is 328 g/mol. The van der Waals surface area contributed by atoms with Crippen molar-refractivity contribution in [2.75, 3.05) is 17.7 Å². The first kappa shape index (κ1) is 14.4. The van der Waals surface area contributed by atoms with Gasteiger partial charge in [0.2, 0.25) is 0 Å². The number of nitrogens with two attached hydrogens (primary N) is 1. The first-order chi connectivity index (χ1) is 11.1. The van der Waals surface area contributed by atoms with Gasteiger partial charge in [-0.15, -0.1) is 11.3 Å². The third kappa shape index (κ3) is 2.55. The van der Waals surface area contributed by atoms with E-state index in [-0.39, 0.29) is 0 Å². The molecule has 2 N–H and O–H groups in total. The van der Waals surface area contributed by atoms with Crippen LogP contribution in [-0.4, -0.2) is 26.8 Å². The van der Waals surface area contributed by atoms with Gasteiger partial charge in [0.1, 0.15) is 10.6 Å². The zero-order valence-corrected chi connectivity index (χ0v) is 14.2. The first-order valence-corrected chi connectivity index (χ1v) is 8.71. The average Bonchev–Trinajstić information content (AvgIpc) is 3.10. The highest BCUT2D eigenvalue weighted by Gasteiger charge is 2.20. The Morgan fingerprint density at radius 2 is 2.13 bits per heavy atom. The fourth-order valence-electron chi connectivity index (χ4n) is 3.20. The topological polar surface area (TPSA) is 72.9 Å². The van der Waals surface area contributed by atoms with Gasteiger partial charge in [-0.25, -0.2) is 9.97 Å². The van der Waals surface area contributed by atoms with Gasteiger partial charge < -0.3 is 10.6 Å². The van der Waals surface area contributed by atoms with Gasteiger partial charge in [0, 0.05) is 31.2 Å². The third-order valence-electron chi connectivity index (χ3n) is 4.36. The molecule has 0 unspecified atom stereocenters. The van der Waals surface area contributed by atoms with Crippen LogP contribution in [-0.2, 0) is 26.4 Å². The normalized spacial score (nSPS) is 14.2. The number of fused-ring (bicyclic) bond motifs is 3. The molecule has 6 nitrogen and oxygen atoms in total. The van der Waals surface area contributed by atoms with E-state index < -0.39 is 0 Å². The van der Waals surface area contributed by atoms with E-state index in [1.165, 1.54) is 23.3 Å². The zero-order valence-electron chi connectivity index (χ0n) is 13.4. The molecule has 0 aromatic carbocycles. The lowest BCUT2D eigenvalue weighted by Gasteiger charge is -2.15. The molecule has 0 amide bonds. The molecule has 3 heterocycles. The molecular weight excluding hydrogens is 308 g/mol. The molecule has 0 fully saturated rings. The van der Waals surface area contributed by atoms with E-state index in [2.05, 4.69) is 10.1 Å². The smallest absolute Gasteiger partial charge is 0.151 e. The summed E-state index contributed by atoms with van der Waals surface area (Å²) in [5, 5.41) is 5.49. The summed E-state index contributed by atoms with van der Waals surface area (Å²) in [7, 11) is 3.90. The molecule has 1 aliphatic carbocycles. The number of hydrogen-bond donors (Lipinski definition) is 1. The number of aromatic nitrogens is 4. The van der Waals surface area contributed by atoms with Gasteiger partial charge >= 0.3 is 0 Å². The zero-order chi connectivity index (χ0) is 16.0. The van der Waals surface area contributed by atoms with Crippen molar-refractivity contribution in [3.05, 3.63) is 28.5 Å². The number of rotatable bonds is 3. The lowest BCUT2D eigenvalue weighted by molar-refractivity contribution is 0.700. The van der Waals surface area contributed by atoms with E-state index in [1.807, 2.05) is 31.3 Å². The van der Waals surface area contributed by atoms with E-state index >= 15 is 0 Å². The summed E-state index contributed by atoms with van der Waals surface area (Å²) in [6.45, 7) is 0.597. The highest BCUT2D eigenvalue weighted by Crippen LogP contribution is 2.37. The van der Waals surface area contributed by atoms with Crippen molar-refractivity contribution < 1.29 is 0 Å². The summed E-state index contributed by atoms with van der Waals surface area (Å²) >= 11 is 1.79. The minimum absolute atomic E-state index is 0.597. The molecule has 0 bridgehead atoms. The standard InChI is InChI=1S/C16H20N6S/c1-21(13-7-8-22(2)20-13)9-12-18-15(17)14-10-5-3-4-6-11(10)23-16(14)19-12/h7-8H,3-6,9H2,1-2H3,(H2,17,18,19). The molecule has 0 saturated heterocycles. The summed E-state index contributed by atoms with van der Waals surface area (Å²) in [5.74, 6) is 2.28. The lowest BCUT2D eigenvalue weighted by Crippen LogP contribution is -2.19. The predicted octanol–water partition coefficient (Wildman–Crippen LogP) is 2.52. The number of hydrogen-bond acceptors (Lipinski definition) is 6. The fourth-order valence-corrected chi connectivity index (χ4v) is 4.49. The SMILES string of the molecule is CN(Cc1nc(N)c2c3c(sc2n1)CCCC3)c1ccn(C)n1. The number of aryl methyl sites for hydroxylation is 3. The Balaban J connectivity index is 1.68. The highest BCUT2D eigenvalue weighted by molar-refractivity contribution is 7.19. The summed E-state index contributed by atoms with van der Waals surface area (Å²) in [5.41, 5.74) is 7.65. The third-order valence-corrected chi connectivity index (χ3v) is 5.54. The first-order valence-electron chi connectivity index (χ1n) is 7.89. The van der Waals surface area contributed by atoms with Crippen molar-refractivity contribution in [2.24, 2.45) is 7.05 Å². The molecule has 0 spiro atoms. The van der Waals surface area contributed by atoms with Gasteiger partial charge in [-0.2, -0.15) is 5.10 Å². The molecule has 0 aliphatic heterocycles. The van der Waals surface area contributed by atoms with Crippen LogP contribution in [0, 0.1) is 0 Å². The lowest BCUT2D eigenvalue weighted by atomic mass is 9.97. The van der Waals surface area contributed by atoms with Crippen molar-refractivity contribution in [1.29, 1.82) is 0 Å². The van der Waals surface area contributed by atoms with Gasteiger partial charge in [-0.3, -0.25) is 4.68 Å². The van der Waals surface area contributed by atoms with Crippen molar-refractivity contribution in [3.63, 3.8) is 0 Å². The Labute approximate surface area is 139 Å². The van der Waals surface area contributed by atoms with Crippen LogP contribution >= 0.6 is 11.3 Å². The minimum atomic E-state index is 0.597. The molecule has 3 aromatic heterocycles. The maximum Gasteiger partial charge on any atom is 0.151 e. The van der Waals surface area contributed by atoms with E-state index in [4.69, 9.17) is 10.7 Å². The van der Waals surface area contributed by atoms with E-state index in [9.17, 15) is 0 Å². The number of nitrogen functional groups attached to an aromatic ring is 1. The van der Waals surface area contributed by atoms with E-state index in [0.717, 1.165) is 34.7 Å². The van der Waals surface area contributed by atoms with Crippen molar-refractivity contribution in [3.8, 4) is 0 Å². The maximum atomic E-state index is 6.26. The molecule has 7 heteroatoms. The molecular formula is C16H20N6S. The van der Waals surface area contributed by atoms with Gasteiger partial charge in [-0.1, -0.05) is 0 Å². The second kappa shape index (κ2) is 5.49. The predicted molar refractivity (Wildman–Crippen MR) is 93.8 cm³/mol. The molecule has 120 valence electrons. The van der Waals surface area contributed by atoms with Crippen LogP contribution in [0.5, 0.6) is 0 Å². The van der Waals surface area contributed by atoms with E-state index in [1.54, 1.807) is 16.0 Å². The van der Waals surface area contributed by atoms with Crippen LogP contribution in [0.2, 0.25) is 0 Å². The minimum Gasteiger partial charge on any atom is -0.383 e. The number of nitrogens with zero attached hydrogens (tertiary/aromatic N) is 5. The van der Waals surface area contributed by atoms with E-state index in [0.29, 0.717) is 12.4 Å². The second-order valence-corrected chi connectivity index (χ2v) is 7.20. The van der Waals surface area contributed by atoms with Crippen LogP contribution in [0.3, 0.4) is 0 Å². The summed E-state index contributed by atoms with van der Waals surface area (Å²) < 4.78 is 1.79. The number of anilines is 2. The molecule has 0 atom stereocenters. The van der Waals surface area contributed by atoms with Gasteiger partial charge in [0.25, 0.3) is 0 Å². The Morgan fingerprint density at radius 3 is 2.91 bits per heavy atom. The van der Waals surface area contributed by atoms with Crippen molar-refractivity contribution in [2.45, 2.75) is 32.2 Å². The van der Waals surface area contributed by atoms with Crippen molar-refractivity contribution in [1.82, 2.24) is 19.7 Å². The number of thiophene rings is 1. The molecule has 0 saturated carbocycles.